The fourth-order valence-corrected chi connectivity index (χ4v) is 1.86. The lowest BCUT2D eigenvalue weighted by molar-refractivity contribution is 0.696. The minimum Gasteiger partial charge on any atom is -0.376 e. The Morgan fingerprint density at radius 2 is 2.38 bits per heavy atom. The van der Waals surface area contributed by atoms with E-state index >= 15 is 0 Å². The average Bonchev–Trinajstić information content (AvgIpc) is 2.69. The van der Waals surface area contributed by atoms with Crippen molar-refractivity contribution in [3.05, 3.63) is 36.7 Å². The molecule has 1 unspecified atom stereocenters. The van der Waals surface area contributed by atoms with Gasteiger partial charge in [0.15, 0.2) is 0 Å². The molecule has 16 heavy (non-hydrogen) atoms. The first-order valence-corrected chi connectivity index (χ1v) is 5.07. The molecule has 0 amide bonds. The molecule has 0 spiro atoms. The standard InChI is InChI=1S/C11H11N5/c1-16-10-2-3-12-6-8(10)15-11(16)9-7-13-4-5-14-9/h2-7,9,14H,1H3. The van der Waals surface area contributed by atoms with Crippen LogP contribution >= 0.6 is 0 Å². The third-order valence-electron chi connectivity index (χ3n) is 2.67. The van der Waals surface area contributed by atoms with Crippen molar-refractivity contribution in [2.75, 3.05) is 0 Å². The molecule has 2 aromatic heterocycles. The summed E-state index contributed by atoms with van der Waals surface area (Å²) in [4.78, 5) is 12.7. The van der Waals surface area contributed by atoms with Gasteiger partial charge < -0.3 is 9.88 Å². The molecule has 1 atom stereocenters. The summed E-state index contributed by atoms with van der Waals surface area (Å²) in [6, 6.07) is 1.99. The average molecular weight is 213 g/mol. The molecule has 1 aliphatic rings. The molecule has 5 heteroatoms. The van der Waals surface area contributed by atoms with Crippen LogP contribution in [-0.2, 0) is 7.05 Å². The zero-order chi connectivity index (χ0) is 11.0. The van der Waals surface area contributed by atoms with Gasteiger partial charge in [-0.2, -0.15) is 0 Å². The first kappa shape index (κ1) is 9.08. The number of aryl methyl sites for hydroxylation is 1. The quantitative estimate of drug-likeness (QED) is 0.773. The van der Waals surface area contributed by atoms with Gasteiger partial charge in [-0.25, -0.2) is 4.98 Å². The van der Waals surface area contributed by atoms with Crippen molar-refractivity contribution in [1.29, 1.82) is 0 Å². The van der Waals surface area contributed by atoms with Crippen LogP contribution < -0.4 is 5.32 Å². The molecule has 0 saturated carbocycles. The van der Waals surface area contributed by atoms with Gasteiger partial charge in [-0.3, -0.25) is 9.98 Å². The molecule has 0 aliphatic carbocycles. The lowest BCUT2D eigenvalue weighted by atomic mass is 10.3. The molecule has 3 rings (SSSR count). The van der Waals surface area contributed by atoms with Gasteiger partial charge in [-0.05, 0) is 6.07 Å². The molecule has 80 valence electrons. The van der Waals surface area contributed by atoms with Crippen LogP contribution in [0.3, 0.4) is 0 Å². The van der Waals surface area contributed by atoms with Crippen molar-refractivity contribution in [3.8, 4) is 0 Å². The molecule has 2 aromatic rings. The zero-order valence-electron chi connectivity index (χ0n) is 8.83. The van der Waals surface area contributed by atoms with Gasteiger partial charge in [-0.1, -0.05) is 0 Å². The van der Waals surface area contributed by atoms with Crippen LogP contribution in [0.4, 0.5) is 0 Å². The van der Waals surface area contributed by atoms with Crippen molar-refractivity contribution in [1.82, 2.24) is 19.9 Å². The number of aliphatic imine (C=N–C) groups is 1. The Morgan fingerprint density at radius 3 is 3.12 bits per heavy atom. The normalized spacial score (nSPS) is 18.9. The van der Waals surface area contributed by atoms with Crippen LogP contribution in [-0.4, -0.2) is 20.7 Å². The van der Waals surface area contributed by atoms with Crippen molar-refractivity contribution in [2.24, 2.45) is 12.0 Å². The Kier molecular flexibility index (Phi) is 1.96. The van der Waals surface area contributed by atoms with Gasteiger partial charge in [-0.15, -0.1) is 0 Å². The summed E-state index contributed by atoms with van der Waals surface area (Å²) in [5, 5.41) is 3.20. The Balaban J connectivity index is 2.13. The number of aromatic nitrogens is 3. The highest BCUT2D eigenvalue weighted by Gasteiger charge is 2.16. The molecule has 3 heterocycles. The lowest BCUT2D eigenvalue weighted by Crippen LogP contribution is -2.22. The summed E-state index contributed by atoms with van der Waals surface area (Å²) in [6.45, 7) is 0. The third kappa shape index (κ3) is 1.29. The highest BCUT2D eigenvalue weighted by Crippen LogP contribution is 2.18. The molecule has 0 bridgehead atoms. The maximum absolute atomic E-state index is 4.55. The van der Waals surface area contributed by atoms with Gasteiger partial charge in [0.05, 0.1) is 11.7 Å². The SMILES string of the molecule is Cn1c(C2C=NC=CN2)nc2cnccc21. The zero-order valence-corrected chi connectivity index (χ0v) is 8.83. The largest absolute Gasteiger partial charge is 0.376 e. The second-order valence-corrected chi connectivity index (χ2v) is 3.65. The van der Waals surface area contributed by atoms with E-state index in [0.717, 1.165) is 16.9 Å². The highest BCUT2D eigenvalue weighted by molar-refractivity contribution is 5.77. The highest BCUT2D eigenvalue weighted by atomic mass is 15.1. The van der Waals surface area contributed by atoms with Crippen molar-refractivity contribution in [3.63, 3.8) is 0 Å². The number of fused-ring (bicyclic) bond motifs is 1. The number of hydrogen-bond donors (Lipinski definition) is 1. The summed E-state index contributed by atoms with van der Waals surface area (Å²) in [5.41, 5.74) is 1.99. The monoisotopic (exact) mass is 213 g/mol. The lowest BCUT2D eigenvalue weighted by Gasteiger charge is -2.14. The van der Waals surface area contributed by atoms with Gasteiger partial charge in [0, 0.05) is 31.9 Å². The molecule has 1 N–H and O–H groups in total. The molecular formula is C11H11N5. The van der Waals surface area contributed by atoms with Crippen LogP contribution in [0.25, 0.3) is 11.0 Å². The van der Waals surface area contributed by atoms with E-state index in [2.05, 4.69) is 24.8 Å². The number of nitrogens with zero attached hydrogens (tertiary/aromatic N) is 4. The summed E-state index contributed by atoms with van der Waals surface area (Å²) in [5.74, 6) is 0.941. The number of nitrogens with one attached hydrogen (secondary N) is 1. The van der Waals surface area contributed by atoms with E-state index in [-0.39, 0.29) is 6.04 Å². The van der Waals surface area contributed by atoms with Gasteiger partial charge in [0.1, 0.15) is 17.4 Å². The van der Waals surface area contributed by atoms with Gasteiger partial charge in [0.25, 0.3) is 0 Å². The molecule has 5 nitrogen and oxygen atoms in total. The topological polar surface area (TPSA) is 55.1 Å². The number of hydrogen-bond acceptors (Lipinski definition) is 4. The smallest absolute Gasteiger partial charge is 0.137 e. The van der Waals surface area contributed by atoms with E-state index in [0.29, 0.717) is 0 Å². The first-order valence-electron chi connectivity index (χ1n) is 5.07. The minimum atomic E-state index is 0.0300. The first-order chi connectivity index (χ1) is 7.86. The Bertz CT molecular complexity index is 581. The predicted molar refractivity (Wildman–Crippen MR) is 62.0 cm³/mol. The Labute approximate surface area is 92.5 Å². The molecule has 0 radical (unpaired) electrons. The van der Waals surface area contributed by atoms with Crippen molar-refractivity contribution >= 4 is 17.2 Å². The van der Waals surface area contributed by atoms with E-state index in [4.69, 9.17) is 0 Å². The summed E-state index contributed by atoms with van der Waals surface area (Å²) in [7, 11) is 2.00. The van der Waals surface area contributed by atoms with Crippen LogP contribution in [0.15, 0.2) is 35.9 Å². The van der Waals surface area contributed by atoms with E-state index in [1.165, 1.54) is 0 Å². The van der Waals surface area contributed by atoms with E-state index < -0.39 is 0 Å². The maximum atomic E-state index is 4.55. The van der Waals surface area contributed by atoms with Gasteiger partial charge >= 0.3 is 0 Å². The van der Waals surface area contributed by atoms with E-state index in [1.54, 1.807) is 18.6 Å². The predicted octanol–water partition coefficient (Wildman–Crippen LogP) is 1.15. The van der Waals surface area contributed by atoms with Crippen molar-refractivity contribution in [2.45, 2.75) is 6.04 Å². The molecule has 0 aromatic carbocycles. The Hall–Kier alpha value is -2.17. The van der Waals surface area contributed by atoms with Crippen molar-refractivity contribution < 1.29 is 0 Å². The number of pyridine rings is 1. The van der Waals surface area contributed by atoms with E-state index in [1.807, 2.05) is 25.5 Å². The minimum absolute atomic E-state index is 0.0300. The molecular weight excluding hydrogens is 202 g/mol. The number of rotatable bonds is 1. The van der Waals surface area contributed by atoms with Crippen LogP contribution in [0.2, 0.25) is 0 Å². The summed E-state index contributed by atoms with van der Waals surface area (Å²) >= 11 is 0. The van der Waals surface area contributed by atoms with Crippen LogP contribution in [0.5, 0.6) is 0 Å². The fraction of sp³-hybridized carbons (Fsp3) is 0.182. The third-order valence-corrected chi connectivity index (χ3v) is 2.67. The second-order valence-electron chi connectivity index (χ2n) is 3.65. The molecule has 0 fully saturated rings. The summed E-state index contributed by atoms with van der Waals surface area (Å²) < 4.78 is 2.06. The second kappa shape index (κ2) is 3.44. The fourth-order valence-electron chi connectivity index (χ4n) is 1.86. The van der Waals surface area contributed by atoms with Gasteiger partial charge in [0.2, 0.25) is 0 Å². The molecule has 1 aliphatic heterocycles. The maximum Gasteiger partial charge on any atom is 0.137 e. The summed E-state index contributed by atoms with van der Waals surface area (Å²) in [6.07, 6.45) is 8.93. The molecule has 0 saturated heterocycles. The van der Waals surface area contributed by atoms with Crippen LogP contribution in [0.1, 0.15) is 11.9 Å². The number of imidazole rings is 1. The Morgan fingerprint density at radius 1 is 1.44 bits per heavy atom. The van der Waals surface area contributed by atoms with Crippen LogP contribution in [0, 0.1) is 0 Å². The van der Waals surface area contributed by atoms with E-state index in [9.17, 15) is 0 Å².